The molecule has 0 atom stereocenters. The SMILES string of the molecule is O=C1OC(c2cccs2)=N/C1=C\c1ccc(F)cc1F. The van der Waals surface area contributed by atoms with Crippen molar-refractivity contribution in [2.45, 2.75) is 0 Å². The van der Waals surface area contributed by atoms with E-state index in [9.17, 15) is 13.6 Å². The molecule has 0 radical (unpaired) electrons. The summed E-state index contributed by atoms with van der Waals surface area (Å²) in [6.45, 7) is 0. The average Bonchev–Trinajstić information content (AvgIpc) is 3.03. The number of hydrogen-bond donors (Lipinski definition) is 0. The molecule has 1 aliphatic heterocycles. The second-order valence-corrected chi connectivity index (χ2v) is 4.93. The van der Waals surface area contributed by atoms with Gasteiger partial charge in [-0.2, -0.15) is 0 Å². The fraction of sp³-hybridized carbons (Fsp3) is 0. The third kappa shape index (κ3) is 2.37. The lowest BCUT2D eigenvalue weighted by Crippen LogP contribution is -2.03. The van der Waals surface area contributed by atoms with Gasteiger partial charge >= 0.3 is 5.97 Å². The van der Waals surface area contributed by atoms with E-state index in [-0.39, 0.29) is 17.2 Å². The predicted octanol–water partition coefficient (Wildman–Crippen LogP) is 3.37. The summed E-state index contributed by atoms with van der Waals surface area (Å²) in [4.78, 5) is 16.4. The van der Waals surface area contributed by atoms with Gasteiger partial charge in [0.05, 0.1) is 4.88 Å². The Kier molecular flexibility index (Phi) is 3.15. The number of cyclic esters (lactones) is 1. The summed E-state index contributed by atoms with van der Waals surface area (Å²) >= 11 is 1.38. The summed E-state index contributed by atoms with van der Waals surface area (Å²) in [6.07, 6.45) is 1.23. The lowest BCUT2D eigenvalue weighted by atomic mass is 10.2. The standard InChI is InChI=1S/C14H7F2NO2S/c15-9-4-3-8(10(16)7-9)6-11-14(18)19-13(17-11)12-2-1-5-20-12/h1-7H/b11-6-. The lowest BCUT2D eigenvalue weighted by molar-refractivity contribution is -0.129. The second kappa shape index (κ2) is 4.97. The summed E-state index contributed by atoms with van der Waals surface area (Å²) in [6, 6.07) is 6.66. The molecule has 0 aliphatic carbocycles. The van der Waals surface area contributed by atoms with Gasteiger partial charge < -0.3 is 4.74 Å². The molecule has 100 valence electrons. The van der Waals surface area contributed by atoms with Gasteiger partial charge in [0.2, 0.25) is 5.90 Å². The number of carbonyl (C=O) groups excluding carboxylic acids is 1. The zero-order valence-electron chi connectivity index (χ0n) is 9.97. The first kappa shape index (κ1) is 12.7. The van der Waals surface area contributed by atoms with Gasteiger partial charge in [-0.3, -0.25) is 0 Å². The van der Waals surface area contributed by atoms with Crippen molar-refractivity contribution in [1.82, 2.24) is 0 Å². The van der Waals surface area contributed by atoms with Crippen LogP contribution in [0.15, 0.2) is 46.4 Å². The molecule has 3 rings (SSSR count). The molecule has 1 aromatic heterocycles. The van der Waals surface area contributed by atoms with Crippen LogP contribution in [0.4, 0.5) is 8.78 Å². The van der Waals surface area contributed by atoms with E-state index in [1.807, 2.05) is 5.38 Å². The van der Waals surface area contributed by atoms with E-state index in [1.165, 1.54) is 23.5 Å². The first-order chi connectivity index (χ1) is 9.63. The monoisotopic (exact) mass is 291 g/mol. The molecule has 2 heterocycles. The number of ether oxygens (including phenoxy) is 1. The first-order valence-electron chi connectivity index (χ1n) is 5.65. The van der Waals surface area contributed by atoms with Gasteiger partial charge in [0.15, 0.2) is 5.70 Å². The van der Waals surface area contributed by atoms with Crippen molar-refractivity contribution in [2.75, 3.05) is 0 Å². The molecule has 0 fully saturated rings. The Morgan fingerprint density at radius 2 is 2.10 bits per heavy atom. The molecule has 6 heteroatoms. The Morgan fingerprint density at radius 3 is 2.80 bits per heavy atom. The van der Waals surface area contributed by atoms with E-state index < -0.39 is 17.6 Å². The first-order valence-corrected chi connectivity index (χ1v) is 6.53. The molecule has 0 amide bonds. The summed E-state index contributed by atoms with van der Waals surface area (Å²) in [7, 11) is 0. The van der Waals surface area contributed by atoms with Gasteiger partial charge in [0, 0.05) is 11.6 Å². The Labute approximate surface area is 116 Å². The highest BCUT2D eigenvalue weighted by Crippen LogP contribution is 2.22. The molecule has 1 aromatic carbocycles. The maximum Gasteiger partial charge on any atom is 0.363 e. The Hall–Kier alpha value is -2.34. The lowest BCUT2D eigenvalue weighted by Gasteiger charge is -1.96. The van der Waals surface area contributed by atoms with Crippen molar-refractivity contribution in [3.63, 3.8) is 0 Å². The maximum atomic E-state index is 13.5. The molecule has 0 bridgehead atoms. The predicted molar refractivity (Wildman–Crippen MR) is 71.3 cm³/mol. The van der Waals surface area contributed by atoms with Gasteiger partial charge in [0.25, 0.3) is 0 Å². The topological polar surface area (TPSA) is 38.7 Å². The number of halogens is 2. The Morgan fingerprint density at radius 1 is 1.25 bits per heavy atom. The maximum absolute atomic E-state index is 13.5. The van der Waals surface area contributed by atoms with Crippen LogP contribution in [0.25, 0.3) is 6.08 Å². The molecule has 0 saturated carbocycles. The molecule has 0 spiro atoms. The molecule has 1 aliphatic rings. The Balaban J connectivity index is 1.97. The summed E-state index contributed by atoms with van der Waals surface area (Å²) in [5, 5.41) is 1.83. The van der Waals surface area contributed by atoms with Crippen molar-refractivity contribution >= 4 is 29.3 Å². The van der Waals surface area contributed by atoms with Gasteiger partial charge in [0.1, 0.15) is 11.6 Å². The zero-order chi connectivity index (χ0) is 14.1. The number of thiophene rings is 1. The minimum atomic E-state index is -0.759. The van der Waals surface area contributed by atoms with E-state index in [0.717, 1.165) is 12.1 Å². The average molecular weight is 291 g/mol. The molecular formula is C14H7F2NO2S. The van der Waals surface area contributed by atoms with Gasteiger partial charge in [-0.25, -0.2) is 18.6 Å². The fourth-order valence-electron chi connectivity index (χ4n) is 1.68. The molecule has 0 N–H and O–H groups in total. The van der Waals surface area contributed by atoms with Crippen LogP contribution < -0.4 is 0 Å². The molecule has 2 aromatic rings. The van der Waals surface area contributed by atoms with Crippen LogP contribution in [-0.4, -0.2) is 11.9 Å². The number of carbonyl (C=O) groups is 1. The van der Waals surface area contributed by atoms with Crippen LogP contribution in [0.2, 0.25) is 0 Å². The van der Waals surface area contributed by atoms with Crippen molar-refractivity contribution < 1.29 is 18.3 Å². The number of esters is 1. The second-order valence-electron chi connectivity index (χ2n) is 3.98. The van der Waals surface area contributed by atoms with E-state index >= 15 is 0 Å². The highest BCUT2D eigenvalue weighted by Gasteiger charge is 2.25. The largest absolute Gasteiger partial charge is 0.401 e. The third-order valence-corrected chi connectivity index (χ3v) is 3.47. The summed E-state index contributed by atoms with van der Waals surface area (Å²) in [5.74, 6) is -1.90. The smallest absolute Gasteiger partial charge is 0.363 e. The van der Waals surface area contributed by atoms with Gasteiger partial charge in [-0.15, -0.1) is 11.3 Å². The minimum Gasteiger partial charge on any atom is -0.401 e. The van der Waals surface area contributed by atoms with Crippen LogP contribution in [0.1, 0.15) is 10.4 Å². The van der Waals surface area contributed by atoms with Crippen molar-refractivity contribution in [3.8, 4) is 0 Å². The summed E-state index contributed by atoms with van der Waals surface area (Å²) in [5.41, 5.74) is 0.0634. The highest BCUT2D eigenvalue weighted by molar-refractivity contribution is 7.12. The number of benzene rings is 1. The van der Waals surface area contributed by atoms with E-state index in [2.05, 4.69) is 4.99 Å². The molecule has 0 saturated heterocycles. The number of rotatable bonds is 2. The minimum absolute atomic E-state index is 0.0149. The van der Waals surface area contributed by atoms with E-state index in [1.54, 1.807) is 12.1 Å². The summed E-state index contributed by atoms with van der Waals surface area (Å²) < 4.78 is 31.3. The molecule has 0 unspecified atom stereocenters. The highest BCUT2D eigenvalue weighted by atomic mass is 32.1. The van der Waals surface area contributed by atoms with Crippen LogP contribution in [0.5, 0.6) is 0 Å². The molecular weight excluding hydrogens is 284 g/mol. The van der Waals surface area contributed by atoms with Gasteiger partial charge in [-0.1, -0.05) is 6.07 Å². The third-order valence-electron chi connectivity index (χ3n) is 2.61. The number of nitrogens with zero attached hydrogens (tertiary/aromatic N) is 1. The van der Waals surface area contributed by atoms with Crippen LogP contribution >= 0.6 is 11.3 Å². The van der Waals surface area contributed by atoms with Crippen molar-refractivity contribution in [2.24, 2.45) is 4.99 Å². The zero-order valence-corrected chi connectivity index (χ0v) is 10.8. The quantitative estimate of drug-likeness (QED) is 0.628. The van der Waals surface area contributed by atoms with Crippen LogP contribution in [0, 0.1) is 11.6 Å². The van der Waals surface area contributed by atoms with E-state index in [4.69, 9.17) is 4.74 Å². The number of aliphatic imine (C=N–C) groups is 1. The van der Waals surface area contributed by atoms with Crippen molar-refractivity contribution in [1.29, 1.82) is 0 Å². The van der Waals surface area contributed by atoms with Crippen molar-refractivity contribution in [3.05, 3.63) is 63.5 Å². The van der Waals surface area contributed by atoms with Crippen LogP contribution in [-0.2, 0) is 9.53 Å². The molecule has 20 heavy (non-hydrogen) atoms. The molecule has 3 nitrogen and oxygen atoms in total. The normalized spacial score (nSPS) is 16.4. The number of hydrogen-bond acceptors (Lipinski definition) is 4. The van der Waals surface area contributed by atoms with Crippen LogP contribution in [0.3, 0.4) is 0 Å². The fourth-order valence-corrected chi connectivity index (χ4v) is 2.33. The van der Waals surface area contributed by atoms with E-state index in [0.29, 0.717) is 4.88 Å². The Bertz CT molecular complexity index is 736. The van der Waals surface area contributed by atoms with Gasteiger partial charge in [-0.05, 0) is 29.7 Å².